The number of hydrazone groups is 1. The van der Waals surface area contributed by atoms with Crippen LogP contribution in [-0.4, -0.2) is 43.9 Å². The summed E-state index contributed by atoms with van der Waals surface area (Å²) >= 11 is 0. The zero-order chi connectivity index (χ0) is 18.9. The molecule has 0 spiro atoms. The average molecular weight is 371 g/mol. The van der Waals surface area contributed by atoms with Gasteiger partial charge < -0.3 is 19.2 Å². The molecular formula is C19H21N3O5. The summed E-state index contributed by atoms with van der Waals surface area (Å²) in [4.78, 5) is 23.4. The Hall–Kier alpha value is -3.13. The summed E-state index contributed by atoms with van der Waals surface area (Å²) in [7, 11) is 0. The fraction of sp³-hybridized carbons (Fsp3) is 0.316. The monoisotopic (exact) mass is 371 g/mol. The van der Waals surface area contributed by atoms with E-state index in [9.17, 15) is 9.59 Å². The third kappa shape index (κ3) is 5.96. The van der Waals surface area contributed by atoms with Gasteiger partial charge in [0, 0.05) is 13.2 Å². The molecule has 2 aromatic rings. The van der Waals surface area contributed by atoms with E-state index < -0.39 is 5.91 Å². The van der Waals surface area contributed by atoms with E-state index in [4.69, 9.17) is 13.9 Å². The van der Waals surface area contributed by atoms with Crippen LogP contribution < -0.4 is 15.5 Å². The molecule has 27 heavy (non-hydrogen) atoms. The highest BCUT2D eigenvalue weighted by Gasteiger charge is 2.16. The van der Waals surface area contributed by atoms with Gasteiger partial charge in [-0.05, 0) is 54.8 Å². The number of carbonyl (C=O) groups excluding carboxylic acids is 2. The predicted molar refractivity (Wildman–Crippen MR) is 97.7 cm³/mol. The molecule has 8 nitrogen and oxygen atoms in total. The highest BCUT2D eigenvalue weighted by molar-refractivity contribution is 5.92. The van der Waals surface area contributed by atoms with Crippen LogP contribution in [0.4, 0.5) is 0 Å². The maximum absolute atomic E-state index is 11.8. The number of nitrogens with one attached hydrogen (secondary N) is 2. The van der Waals surface area contributed by atoms with E-state index in [2.05, 4.69) is 15.8 Å². The lowest BCUT2D eigenvalue weighted by molar-refractivity contribution is -0.123. The first-order valence-electron chi connectivity index (χ1n) is 8.69. The minimum Gasteiger partial charge on any atom is -0.484 e. The van der Waals surface area contributed by atoms with Crippen molar-refractivity contribution in [1.82, 2.24) is 10.7 Å². The summed E-state index contributed by atoms with van der Waals surface area (Å²) in [6.07, 6.45) is 5.05. The molecule has 0 saturated carbocycles. The number of nitrogens with zero attached hydrogens (tertiary/aromatic N) is 1. The van der Waals surface area contributed by atoms with Crippen LogP contribution in [0.5, 0.6) is 5.75 Å². The van der Waals surface area contributed by atoms with Crippen molar-refractivity contribution in [3.63, 3.8) is 0 Å². The second-order valence-corrected chi connectivity index (χ2v) is 5.97. The quantitative estimate of drug-likeness (QED) is 0.543. The van der Waals surface area contributed by atoms with Gasteiger partial charge >= 0.3 is 5.91 Å². The molecule has 1 atom stereocenters. The molecule has 0 radical (unpaired) electrons. The predicted octanol–water partition coefficient (Wildman–Crippen LogP) is 1.72. The van der Waals surface area contributed by atoms with Crippen LogP contribution in [0.3, 0.4) is 0 Å². The van der Waals surface area contributed by atoms with E-state index in [0.29, 0.717) is 12.3 Å². The molecule has 1 saturated heterocycles. The first-order valence-corrected chi connectivity index (χ1v) is 8.69. The number of furan rings is 1. The number of hydrogen-bond acceptors (Lipinski definition) is 6. The van der Waals surface area contributed by atoms with Gasteiger partial charge in [-0.2, -0.15) is 5.10 Å². The highest BCUT2D eigenvalue weighted by Crippen LogP contribution is 2.12. The summed E-state index contributed by atoms with van der Waals surface area (Å²) in [6, 6.07) is 10.2. The normalized spacial score (nSPS) is 16.4. The molecule has 2 amide bonds. The maximum Gasteiger partial charge on any atom is 0.307 e. The highest BCUT2D eigenvalue weighted by atomic mass is 16.5. The largest absolute Gasteiger partial charge is 0.484 e. The lowest BCUT2D eigenvalue weighted by Crippen LogP contribution is -2.35. The fourth-order valence-corrected chi connectivity index (χ4v) is 2.51. The van der Waals surface area contributed by atoms with E-state index in [1.807, 2.05) is 0 Å². The van der Waals surface area contributed by atoms with Crippen molar-refractivity contribution in [1.29, 1.82) is 0 Å². The summed E-state index contributed by atoms with van der Waals surface area (Å²) in [6.45, 7) is 1.22. The summed E-state index contributed by atoms with van der Waals surface area (Å²) < 4.78 is 15.9. The Kier molecular flexibility index (Phi) is 6.59. The number of ether oxygens (including phenoxy) is 2. The van der Waals surface area contributed by atoms with Gasteiger partial charge in [0.1, 0.15) is 5.75 Å². The first-order chi connectivity index (χ1) is 13.2. The van der Waals surface area contributed by atoms with Crippen LogP contribution in [0.15, 0.2) is 52.2 Å². The van der Waals surface area contributed by atoms with Gasteiger partial charge in [-0.25, -0.2) is 5.43 Å². The molecule has 1 unspecified atom stereocenters. The van der Waals surface area contributed by atoms with Crippen LogP contribution in [0.1, 0.15) is 29.0 Å². The van der Waals surface area contributed by atoms with Crippen molar-refractivity contribution in [2.24, 2.45) is 5.10 Å². The topological polar surface area (TPSA) is 102 Å². The molecule has 2 N–H and O–H groups in total. The lowest BCUT2D eigenvalue weighted by Gasteiger charge is -2.11. The minimum atomic E-state index is -0.426. The molecule has 1 aromatic heterocycles. The van der Waals surface area contributed by atoms with Gasteiger partial charge in [0.2, 0.25) is 0 Å². The molecule has 1 fully saturated rings. The number of benzene rings is 1. The Labute approximate surface area is 156 Å². The Morgan fingerprint density at radius 1 is 1.26 bits per heavy atom. The van der Waals surface area contributed by atoms with Crippen molar-refractivity contribution in [3.05, 3.63) is 54.0 Å². The fourth-order valence-electron chi connectivity index (χ4n) is 2.51. The van der Waals surface area contributed by atoms with Crippen LogP contribution in [0.25, 0.3) is 0 Å². The summed E-state index contributed by atoms with van der Waals surface area (Å²) in [5, 5.41) is 6.66. The Morgan fingerprint density at radius 2 is 2.11 bits per heavy atom. The second-order valence-electron chi connectivity index (χ2n) is 5.97. The SMILES string of the molecule is O=C(COc1ccc(/C=N\NC(=O)c2ccco2)cc1)NCC1CCCO1. The standard InChI is InChI=1S/C19H21N3O5/c23-18(20-12-16-3-1-9-25-16)13-27-15-7-5-14(6-8-15)11-21-22-19(24)17-4-2-10-26-17/h2,4-8,10-11,16H,1,3,9,12-13H2,(H,20,23)(H,22,24)/b21-11-. The van der Waals surface area contributed by atoms with E-state index in [0.717, 1.165) is 25.0 Å². The summed E-state index contributed by atoms with van der Waals surface area (Å²) in [5.41, 5.74) is 3.14. The van der Waals surface area contributed by atoms with E-state index in [-0.39, 0.29) is 24.4 Å². The first kappa shape index (κ1) is 18.7. The van der Waals surface area contributed by atoms with E-state index in [1.165, 1.54) is 12.5 Å². The molecule has 0 aliphatic carbocycles. The third-order valence-electron chi connectivity index (χ3n) is 3.93. The van der Waals surface area contributed by atoms with Gasteiger partial charge in [0.05, 0.1) is 18.6 Å². The van der Waals surface area contributed by atoms with Crippen LogP contribution in [-0.2, 0) is 9.53 Å². The zero-order valence-electron chi connectivity index (χ0n) is 14.7. The van der Waals surface area contributed by atoms with Gasteiger partial charge in [-0.3, -0.25) is 9.59 Å². The average Bonchev–Trinajstić information content (AvgIpc) is 3.39. The molecule has 8 heteroatoms. The van der Waals surface area contributed by atoms with Gasteiger partial charge in [0.25, 0.3) is 5.91 Å². The molecule has 0 bridgehead atoms. The molecular weight excluding hydrogens is 350 g/mol. The Morgan fingerprint density at radius 3 is 2.81 bits per heavy atom. The molecule has 1 aromatic carbocycles. The van der Waals surface area contributed by atoms with Crippen molar-refractivity contribution in [2.75, 3.05) is 19.8 Å². The van der Waals surface area contributed by atoms with Crippen molar-refractivity contribution < 1.29 is 23.5 Å². The molecule has 3 rings (SSSR count). The zero-order valence-corrected chi connectivity index (χ0v) is 14.7. The van der Waals surface area contributed by atoms with Crippen molar-refractivity contribution in [2.45, 2.75) is 18.9 Å². The van der Waals surface area contributed by atoms with Crippen LogP contribution in [0, 0.1) is 0 Å². The van der Waals surface area contributed by atoms with E-state index in [1.54, 1.807) is 36.4 Å². The molecule has 1 aliphatic heterocycles. The lowest BCUT2D eigenvalue weighted by atomic mass is 10.2. The van der Waals surface area contributed by atoms with Crippen LogP contribution in [0.2, 0.25) is 0 Å². The molecule has 2 heterocycles. The number of amides is 2. The van der Waals surface area contributed by atoms with E-state index >= 15 is 0 Å². The smallest absolute Gasteiger partial charge is 0.307 e. The third-order valence-corrected chi connectivity index (χ3v) is 3.93. The van der Waals surface area contributed by atoms with Crippen molar-refractivity contribution in [3.8, 4) is 5.75 Å². The molecule has 142 valence electrons. The van der Waals surface area contributed by atoms with Crippen molar-refractivity contribution >= 4 is 18.0 Å². The number of hydrogen-bond donors (Lipinski definition) is 2. The Bertz CT molecular complexity index is 765. The molecule has 1 aliphatic rings. The van der Waals surface area contributed by atoms with Gasteiger partial charge in [-0.15, -0.1) is 0 Å². The maximum atomic E-state index is 11.8. The van der Waals surface area contributed by atoms with Gasteiger partial charge in [-0.1, -0.05) is 0 Å². The summed E-state index contributed by atoms with van der Waals surface area (Å²) in [5.74, 6) is 0.148. The second kappa shape index (κ2) is 9.54. The minimum absolute atomic E-state index is 0.0562. The van der Waals surface area contributed by atoms with Gasteiger partial charge in [0.15, 0.2) is 12.4 Å². The number of carbonyl (C=O) groups is 2. The Balaban J connectivity index is 1.38. The van der Waals surface area contributed by atoms with Crippen LogP contribution >= 0.6 is 0 Å². The number of rotatable bonds is 8.